The Morgan fingerprint density at radius 2 is 2.10 bits per heavy atom. The fourth-order valence-corrected chi connectivity index (χ4v) is 1.77. The van der Waals surface area contributed by atoms with Crippen LogP contribution in [0.15, 0.2) is 36.5 Å². The molecule has 2 heterocycles. The van der Waals surface area contributed by atoms with Gasteiger partial charge in [0.1, 0.15) is 11.6 Å². The van der Waals surface area contributed by atoms with Crippen molar-refractivity contribution in [3.05, 3.63) is 47.8 Å². The average molecular weight is 270 g/mol. The highest BCUT2D eigenvalue weighted by Gasteiger charge is 2.09. The maximum absolute atomic E-state index is 12.2. The van der Waals surface area contributed by atoms with Gasteiger partial charge in [-0.1, -0.05) is 13.0 Å². The summed E-state index contributed by atoms with van der Waals surface area (Å²) in [7, 11) is 0. The number of pyridine rings is 2. The Morgan fingerprint density at radius 3 is 2.80 bits per heavy atom. The van der Waals surface area contributed by atoms with Gasteiger partial charge in [-0.25, -0.2) is 9.97 Å². The number of rotatable bonds is 5. The first-order valence-electron chi connectivity index (χ1n) is 6.64. The molecule has 2 aromatic heterocycles. The van der Waals surface area contributed by atoms with E-state index >= 15 is 0 Å². The zero-order valence-corrected chi connectivity index (χ0v) is 11.7. The van der Waals surface area contributed by atoms with Gasteiger partial charge in [0.15, 0.2) is 0 Å². The van der Waals surface area contributed by atoms with Crippen LogP contribution in [-0.4, -0.2) is 22.4 Å². The molecule has 2 N–H and O–H groups in total. The van der Waals surface area contributed by atoms with Crippen LogP contribution in [0.5, 0.6) is 0 Å². The molecular formula is C15H18N4O. The number of carbonyl (C=O) groups excluding carboxylic acids is 1. The van der Waals surface area contributed by atoms with Crippen LogP contribution in [0.25, 0.3) is 0 Å². The number of nitrogens with zero attached hydrogens (tertiary/aromatic N) is 2. The molecule has 0 atom stereocenters. The SMILES string of the molecule is CCCNc1cc(C(=O)Nc2ccccn2)cc(C)n1. The summed E-state index contributed by atoms with van der Waals surface area (Å²) in [6, 6.07) is 8.90. The van der Waals surface area contributed by atoms with E-state index in [1.165, 1.54) is 0 Å². The lowest BCUT2D eigenvalue weighted by molar-refractivity contribution is 0.102. The average Bonchev–Trinajstić information content (AvgIpc) is 2.45. The van der Waals surface area contributed by atoms with Gasteiger partial charge in [-0.15, -0.1) is 0 Å². The minimum absolute atomic E-state index is 0.186. The molecule has 0 aromatic carbocycles. The molecule has 104 valence electrons. The van der Waals surface area contributed by atoms with Gasteiger partial charge in [-0.05, 0) is 37.6 Å². The molecule has 5 nitrogen and oxygen atoms in total. The molecule has 2 aromatic rings. The van der Waals surface area contributed by atoms with E-state index in [4.69, 9.17) is 0 Å². The second-order valence-electron chi connectivity index (χ2n) is 4.48. The first kappa shape index (κ1) is 14.0. The van der Waals surface area contributed by atoms with Crippen molar-refractivity contribution in [1.82, 2.24) is 9.97 Å². The third kappa shape index (κ3) is 3.78. The lowest BCUT2D eigenvalue weighted by Crippen LogP contribution is -2.14. The molecule has 0 aliphatic rings. The maximum Gasteiger partial charge on any atom is 0.257 e. The summed E-state index contributed by atoms with van der Waals surface area (Å²) in [5.41, 5.74) is 1.37. The number of aromatic nitrogens is 2. The lowest BCUT2D eigenvalue weighted by Gasteiger charge is -2.09. The predicted molar refractivity (Wildman–Crippen MR) is 79.9 cm³/mol. The molecule has 0 spiro atoms. The van der Waals surface area contributed by atoms with Crippen LogP contribution in [0, 0.1) is 6.92 Å². The second kappa shape index (κ2) is 6.65. The van der Waals surface area contributed by atoms with Crippen molar-refractivity contribution in [1.29, 1.82) is 0 Å². The third-order valence-corrected chi connectivity index (χ3v) is 2.68. The summed E-state index contributed by atoms with van der Waals surface area (Å²) in [6.45, 7) is 4.78. The highest BCUT2D eigenvalue weighted by molar-refractivity contribution is 6.04. The van der Waals surface area contributed by atoms with Crippen LogP contribution in [0.3, 0.4) is 0 Å². The fourth-order valence-electron chi connectivity index (χ4n) is 1.77. The fraction of sp³-hybridized carbons (Fsp3) is 0.267. The van der Waals surface area contributed by atoms with E-state index in [1.54, 1.807) is 30.5 Å². The van der Waals surface area contributed by atoms with Crippen LogP contribution in [0.1, 0.15) is 29.4 Å². The Morgan fingerprint density at radius 1 is 1.25 bits per heavy atom. The number of hydrogen-bond donors (Lipinski definition) is 2. The van der Waals surface area contributed by atoms with Gasteiger partial charge in [0.25, 0.3) is 5.91 Å². The number of carbonyl (C=O) groups is 1. The number of aryl methyl sites for hydroxylation is 1. The molecule has 2 rings (SSSR count). The normalized spacial score (nSPS) is 10.1. The number of nitrogens with one attached hydrogen (secondary N) is 2. The monoisotopic (exact) mass is 270 g/mol. The summed E-state index contributed by atoms with van der Waals surface area (Å²) in [5.74, 6) is 1.07. The third-order valence-electron chi connectivity index (χ3n) is 2.68. The summed E-state index contributed by atoms with van der Waals surface area (Å²) in [4.78, 5) is 20.6. The summed E-state index contributed by atoms with van der Waals surface area (Å²) in [5, 5.41) is 5.95. The van der Waals surface area contributed by atoms with Crippen LogP contribution in [-0.2, 0) is 0 Å². The van der Waals surface area contributed by atoms with Crippen LogP contribution in [0.4, 0.5) is 11.6 Å². The predicted octanol–water partition coefficient (Wildman–Crippen LogP) is 2.86. The summed E-state index contributed by atoms with van der Waals surface area (Å²) >= 11 is 0. The van der Waals surface area contributed by atoms with Gasteiger partial charge in [-0.3, -0.25) is 4.79 Å². The number of amides is 1. The highest BCUT2D eigenvalue weighted by Crippen LogP contribution is 2.12. The van der Waals surface area contributed by atoms with E-state index in [0.29, 0.717) is 11.4 Å². The van der Waals surface area contributed by atoms with E-state index in [9.17, 15) is 4.79 Å². The Balaban J connectivity index is 2.15. The van der Waals surface area contributed by atoms with Crippen molar-refractivity contribution >= 4 is 17.5 Å². The van der Waals surface area contributed by atoms with Gasteiger partial charge in [-0.2, -0.15) is 0 Å². The van der Waals surface area contributed by atoms with Crippen LogP contribution in [0.2, 0.25) is 0 Å². The molecule has 0 bridgehead atoms. The van der Waals surface area contributed by atoms with Crippen molar-refractivity contribution in [3.63, 3.8) is 0 Å². The zero-order chi connectivity index (χ0) is 14.4. The Bertz CT molecular complexity index is 584. The Labute approximate surface area is 118 Å². The lowest BCUT2D eigenvalue weighted by atomic mass is 10.2. The van der Waals surface area contributed by atoms with Gasteiger partial charge in [0, 0.05) is 24.0 Å². The summed E-state index contributed by atoms with van der Waals surface area (Å²) < 4.78 is 0. The van der Waals surface area contributed by atoms with E-state index in [-0.39, 0.29) is 5.91 Å². The van der Waals surface area contributed by atoms with Crippen molar-refractivity contribution < 1.29 is 4.79 Å². The minimum Gasteiger partial charge on any atom is -0.370 e. The van der Waals surface area contributed by atoms with Gasteiger partial charge >= 0.3 is 0 Å². The molecule has 0 saturated heterocycles. The molecule has 0 saturated carbocycles. The number of anilines is 2. The highest BCUT2D eigenvalue weighted by atomic mass is 16.1. The van der Waals surface area contributed by atoms with Crippen molar-refractivity contribution in [3.8, 4) is 0 Å². The van der Waals surface area contributed by atoms with Gasteiger partial charge < -0.3 is 10.6 Å². The molecule has 0 radical (unpaired) electrons. The molecule has 0 aliphatic carbocycles. The van der Waals surface area contributed by atoms with E-state index in [1.807, 2.05) is 13.0 Å². The van der Waals surface area contributed by atoms with Crippen molar-refractivity contribution in [2.75, 3.05) is 17.2 Å². The van der Waals surface area contributed by atoms with Crippen LogP contribution < -0.4 is 10.6 Å². The zero-order valence-electron chi connectivity index (χ0n) is 11.7. The molecule has 0 fully saturated rings. The largest absolute Gasteiger partial charge is 0.370 e. The van der Waals surface area contributed by atoms with Crippen LogP contribution >= 0.6 is 0 Å². The molecule has 5 heteroatoms. The minimum atomic E-state index is -0.186. The smallest absolute Gasteiger partial charge is 0.257 e. The van der Waals surface area contributed by atoms with E-state index < -0.39 is 0 Å². The second-order valence-corrected chi connectivity index (χ2v) is 4.48. The Kier molecular flexibility index (Phi) is 4.65. The number of hydrogen-bond acceptors (Lipinski definition) is 4. The maximum atomic E-state index is 12.2. The topological polar surface area (TPSA) is 66.9 Å². The Hall–Kier alpha value is -2.43. The van der Waals surface area contributed by atoms with Gasteiger partial charge in [0.05, 0.1) is 0 Å². The quantitative estimate of drug-likeness (QED) is 0.876. The molecular weight excluding hydrogens is 252 g/mol. The van der Waals surface area contributed by atoms with Crippen molar-refractivity contribution in [2.24, 2.45) is 0 Å². The molecule has 20 heavy (non-hydrogen) atoms. The first-order chi connectivity index (χ1) is 9.69. The van der Waals surface area contributed by atoms with E-state index in [2.05, 4.69) is 27.5 Å². The van der Waals surface area contributed by atoms with Gasteiger partial charge in [0.2, 0.25) is 0 Å². The standard InChI is InChI=1S/C15H18N4O/c1-3-7-16-14-10-12(9-11(2)18-14)15(20)19-13-6-4-5-8-17-13/h4-6,8-10H,3,7H2,1-2H3,(H,16,18)(H,17,19,20). The van der Waals surface area contributed by atoms with E-state index in [0.717, 1.165) is 24.5 Å². The molecule has 0 unspecified atom stereocenters. The molecule has 0 aliphatic heterocycles. The first-order valence-corrected chi connectivity index (χ1v) is 6.64. The summed E-state index contributed by atoms with van der Waals surface area (Å²) in [6.07, 6.45) is 2.65. The van der Waals surface area contributed by atoms with Crippen molar-refractivity contribution in [2.45, 2.75) is 20.3 Å². The molecule has 1 amide bonds.